The molecule has 3 nitrogen and oxygen atoms in total. The summed E-state index contributed by atoms with van der Waals surface area (Å²) in [7, 11) is 1.59. The van der Waals surface area contributed by atoms with Crippen molar-refractivity contribution in [1.82, 2.24) is 10.2 Å². The molecule has 0 amide bonds. The molecule has 1 aromatic heterocycles. The van der Waals surface area contributed by atoms with Crippen LogP contribution in [0.2, 0.25) is 5.02 Å². The lowest BCUT2D eigenvalue weighted by Gasteiger charge is -2.09. The molecule has 1 aromatic carbocycles. The summed E-state index contributed by atoms with van der Waals surface area (Å²) in [4.78, 5) is 0. The zero-order valence-corrected chi connectivity index (χ0v) is 11.9. The minimum Gasteiger partial charge on any atom is -0.495 e. The van der Waals surface area contributed by atoms with E-state index in [4.69, 9.17) is 28.6 Å². The maximum Gasteiger partial charge on any atom is 0.138 e. The number of halogens is 1. The maximum absolute atomic E-state index is 6.01. The third kappa shape index (κ3) is 2.26. The van der Waals surface area contributed by atoms with Gasteiger partial charge in [0, 0.05) is 5.56 Å². The van der Waals surface area contributed by atoms with Crippen LogP contribution in [0.5, 0.6) is 5.75 Å². The first-order valence-electron chi connectivity index (χ1n) is 5.44. The van der Waals surface area contributed by atoms with Crippen LogP contribution in [-0.2, 0) is 0 Å². The Kier molecular flexibility index (Phi) is 3.68. The average Bonchev–Trinajstić information content (AvgIpc) is 2.37. The number of H-pyrrole nitrogens is 1. The van der Waals surface area contributed by atoms with E-state index in [9.17, 15) is 0 Å². The first-order valence-corrected chi connectivity index (χ1v) is 6.23. The van der Waals surface area contributed by atoms with Gasteiger partial charge < -0.3 is 4.74 Å². The number of aromatic nitrogens is 2. The van der Waals surface area contributed by atoms with E-state index in [0.29, 0.717) is 15.4 Å². The fourth-order valence-corrected chi connectivity index (χ4v) is 2.10. The highest BCUT2D eigenvalue weighted by molar-refractivity contribution is 7.71. The average molecular weight is 281 g/mol. The Hall–Kier alpha value is -1.39. The summed E-state index contributed by atoms with van der Waals surface area (Å²) in [5.74, 6) is 0.635. The van der Waals surface area contributed by atoms with Gasteiger partial charge in [0.25, 0.3) is 0 Å². The normalized spacial score (nSPS) is 10.4. The van der Waals surface area contributed by atoms with Gasteiger partial charge in [0.05, 0.1) is 17.8 Å². The molecule has 18 heavy (non-hydrogen) atoms. The van der Waals surface area contributed by atoms with Crippen molar-refractivity contribution < 1.29 is 4.74 Å². The van der Waals surface area contributed by atoms with E-state index < -0.39 is 0 Å². The SMILES string of the molecule is COc1cc(-c2n[nH]c(=S)c(C)c2C)ccc1Cl. The fraction of sp³-hybridized carbons (Fsp3) is 0.231. The summed E-state index contributed by atoms with van der Waals surface area (Å²) in [6.45, 7) is 3.98. The van der Waals surface area contributed by atoms with Crippen molar-refractivity contribution in [3.05, 3.63) is 39.0 Å². The molecule has 5 heteroatoms. The molecule has 1 N–H and O–H groups in total. The van der Waals surface area contributed by atoms with Crippen LogP contribution in [0.15, 0.2) is 18.2 Å². The molecule has 2 rings (SSSR count). The van der Waals surface area contributed by atoms with Crippen LogP contribution in [0.25, 0.3) is 11.3 Å². The number of benzene rings is 1. The minimum absolute atomic E-state index is 0.583. The van der Waals surface area contributed by atoms with Gasteiger partial charge in [0.2, 0.25) is 0 Å². The van der Waals surface area contributed by atoms with Gasteiger partial charge in [-0.25, -0.2) is 0 Å². The first kappa shape index (κ1) is 13.1. The fourth-order valence-electron chi connectivity index (χ4n) is 1.71. The van der Waals surface area contributed by atoms with Crippen molar-refractivity contribution in [1.29, 1.82) is 0 Å². The van der Waals surface area contributed by atoms with Crippen molar-refractivity contribution in [3.8, 4) is 17.0 Å². The molecular weight excluding hydrogens is 268 g/mol. The summed E-state index contributed by atoms with van der Waals surface area (Å²) in [6.07, 6.45) is 0. The maximum atomic E-state index is 6.01. The molecule has 0 spiro atoms. The van der Waals surface area contributed by atoms with Crippen LogP contribution in [0, 0.1) is 18.5 Å². The molecule has 0 unspecified atom stereocenters. The van der Waals surface area contributed by atoms with Crippen molar-refractivity contribution in [3.63, 3.8) is 0 Å². The number of hydrogen-bond acceptors (Lipinski definition) is 3. The lowest BCUT2D eigenvalue weighted by atomic mass is 10.0. The molecule has 0 radical (unpaired) electrons. The molecule has 0 aliphatic carbocycles. The third-order valence-corrected chi connectivity index (χ3v) is 3.66. The topological polar surface area (TPSA) is 37.9 Å². The number of nitrogens with one attached hydrogen (secondary N) is 1. The Morgan fingerprint density at radius 1 is 1.28 bits per heavy atom. The highest BCUT2D eigenvalue weighted by atomic mass is 35.5. The molecule has 0 fully saturated rings. The smallest absolute Gasteiger partial charge is 0.138 e. The number of ether oxygens (including phenoxy) is 1. The third-order valence-electron chi connectivity index (χ3n) is 2.95. The standard InChI is InChI=1S/C13H13ClN2OS/c1-7-8(2)13(18)16-15-12(7)9-4-5-10(14)11(6-9)17-3/h4-6H,1-3H3,(H,16,18). The second-order valence-electron chi connectivity index (χ2n) is 4.00. The summed E-state index contributed by atoms with van der Waals surface area (Å²) in [5.41, 5.74) is 3.89. The van der Waals surface area contributed by atoms with Crippen LogP contribution in [0.3, 0.4) is 0 Å². The summed E-state index contributed by atoms with van der Waals surface area (Å²) < 4.78 is 5.87. The number of methoxy groups -OCH3 is 1. The molecule has 2 aromatic rings. The van der Waals surface area contributed by atoms with Crippen LogP contribution in [0.4, 0.5) is 0 Å². The molecule has 1 heterocycles. The number of aromatic amines is 1. The van der Waals surface area contributed by atoms with E-state index in [1.807, 2.05) is 26.0 Å². The Bertz CT molecular complexity index is 652. The lowest BCUT2D eigenvalue weighted by molar-refractivity contribution is 0.415. The predicted molar refractivity (Wildman–Crippen MR) is 75.9 cm³/mol. The molecule has 94 valence electrons. The largest absolute Gasteiger partial charge is 0.495 e. The van der Waals surface area contributed by atoms with Crippen LogP contribution < -0.4 is 4.74 Å². The Morgan fingerprint density at radius 3 is 2.67 bits per heavy atom. The van der Waals surface area contributed by atoms with E-state index in [1.165, 1.54) is 0 Å². The van der Waals surface area contributed by atoms with Crippen LogP contribution >= 0.6 is 23.8 Å². The van der Waals surface area contributed by atoms with E-state index >= 15 is 0 Å². The van der Waals surface area contributed by atoms with Gasteiger partial charge >= 0.3 is 0 Å². The minimum atomic E-state index is 0.583. The van der Waals surface area contributed by atoms with Crippen molar-refractivity contribution in [2.45, 2.75) is 13.8 Å². The van der Waals surface area contributed by atoms with Crippen LogP contribution in [0.1, 0.15) is 11.1 Å². The molecule has 0 atom stereocenters. The predicted octanol–water partition coefficient (Wildman–Crippen LogP) is 4.09. The molecule has 0 aliphatic heterocycles. The highest BCUT2D eigenvalue weighted by Crippen LogP contribution is 2.31. The lowest BCUT2D eigenvalue weighted by Crippen LogP contribution is -1.97. The quantitative estimate of drug-likeness (QED) is 0.842. The summed E-state index contributed by atoms with van der Waals surface area (Å²) in [5, 5.41) is 7.72. The van der Waals surface area contributed by atoms with E-state index in [1.54, 1.807) is 13.2 Å². The summed E-state index contributed by atoms with van der Waals surface area (Å²) in [6, 6.07) is 5.58. The van der Waals surface area contributed by atoms with Gasteiger partial charge in [-0.3, -0.25) is 5.10 Å². The van der Waals surface area contributed by atoms with Crippen molar-refractivity contribution in [2.24, 2.45) is 0 Å². The van der Waals surface area contributed by atoms with Crippen molar-refractivity contribution in [2.75, 3.05) is 7.11 Å². The highest BCUT2D eigenvalue weighted by Gasteiger charge is 2.10. The van der Waals surface area contributed by atoms with Gasteiger partial charge in [0.15, 0.2) is 0 Å². The number of rotatable bonds is 2. The molecule has 0 aliphatic rings. The van der Waals surface area contributed by atoms with Gasteiger partial charge in [-0.15, -0.1) is 0 Å². The van der Waals surface area contributed by atoms with Gasteiger partial charge in [-0.1, -0.05) is 29.9 Å². The molecule has 0 bridgehead atoms. The first-order chi connectivity index (χ1) is 8.54. The second-order valence-corrected chi connectivity index (χ2v) is 4.82. The zero-order chi connectivity index (χ0) is 13.3. The van der Waals surface area contributed by atoms with Crippen LogP contribution in [-0.4, -0.2) is 17.3 Å². The molecule has 0 saturated heterocycles. The Labute approximate surface area is 116 Å². The summed E-state index contributed by atoms with van der Waals surface area (Å²) >= 11 is 11.2. The number of nitrogens with zero attached hydrogens (tertiary/aromatic N) is 1. The van der Waals surface area contributed by atoms with E-state index in [-0.39, 0.29) is 0 Å². The van der Waals surface area contributed by atoms with Gasteiger partial charge in [-0.05, 0) is 37.1 Å². The van der Waals surface area contributed by atoms with Gasteiger partial charge in [0.1, 0.15) is 10.4 Å². The van der Waals surface area contributed by atoms with Crippen molar-refractivity contribution >= 4 is 23.8 Å². The molecule has 0 saturated carbocycles. The molecular formula is C13H13ClN2OS. The Balaban J connectivity index is 2.62. The zero-order valence-electron chi connectivity index (χ0n) is 10.4. The Morgan fingerprint density at radius 2 is 2.00 bits per heavy atom. The monoisotopic (exact) mass is 280 g/mol. The van der Waals surface area contributed by atoms with E-state index in [2.05, 4.69) is 10.2 Å². The van der Waals surface area contributed by atoms with Gasteiger partial charge in [-0.2, -0.15) is 5.10 Å². The van der Waals surface area contributed by atoms with E-state index in [0.717, 1.165) is 22.4 Å². The number of hydrogen-bond donors (Lipinski definition) is 1. The second kappa shape index (κ2) is 5.08.